The summed E-state index contributed by atoms with van der Waals surface area (Å²) in [6.45, 7) is -0.637. The number of carbonyl (C=O) groups excluding carboxylic acids is 1. The van der Waals surface area contributed by atoms with E-state index in [1.54, 1.807) is 0 Å². The summed E-state index contributed by atoms with van der Waals surface area (Å²) in [6, 6.07) is 4.56. The van der Waals surface area contributed by atoms with Gasteiger partial charge in [-0.15, -0.1) is 0 Å². The molecule has 0 unspecified atom stereocenters. The van der Waals surface area contributed by atoms with Gasteiger partial charge in [-0.2, -0.15) is 13.2 Å². The molecule has 116 valence electrons. The number of nitrogens with zero attached hydrogens (tertiary/aromatic N) is 1. The summed E-state index contributed by atoms with van der Waals surface area (Å²) in [4.78, 5) is 23.1. The number of para-hydroxylation sites is 1. The molecule has 0 heterocycles. The lowest BCUT2D eigenvalue weighted by Gasteiger charge is -2.18. The maximum Gasteiger partial charge on any atom is 0.419 e. The number of hydrogen-bond donors (Lipinski definition) is 1. The number of amides is 1. The van der Waals surface area contributed by atoms with Gasteiger partial charge in [0.1, 0.15) is 5.75 Å². The van der Waals surface area contributed by atoms with Crippen molar-refractivity contribution in [1.29, 1.82) is 0 Å². The molecular formula is C13H14F3NO4. The third-order valence-corrected chi connectivity index (χ3v) is 2.63. The minimum atomic E-state index is -4.57. The van der Waals surface area contributed by atoms with Crippen LogP contribution in [0, 0.1) is 0 Å². The molecule has 0 saturated carbocycles. The molecule has 0 spiro atoms. The highest BCUT2D eigenvalue weighted by atomic mass is 19.4. The highest BCUT2D eigenvalue weighted by molar-refractivity contribution is 5.78. The van der Waals surface area contributed by atoms with Crippen LogP contribution in [0.25, 0.3) is 0 Å². The molecule has 0 aliphatic rings. The lowest BCUT2D eigenvalue weighted by atomic mass is 10.2. The van der Waals surface area contributed by atoms with E-state index in [1.165, 1.54) is 19.2 Å². The fraction of sp³-hybridized carbons (Fsp3) is 0.385. The van der Waals surface area contributed by atoms with Crippen molar-refractivity contribution in [3.8, 4) is 5.75 Å². The second-order valence-electron chi connectivity index (χ2n) is 4.24. The summed E-state index contributed by atoms with van der Waals surface area (Å²) < 4.78 is 43.0. The zero-order valence-electron chi connectivity index (χ0n) is 11.2. The van der Waals surface area contributed by atoms with Gasteiger partial charge in [0.25, 0.3) is 5.91 Å². The number of halogens is 3. The van der Waals surface area contributed by atoms with E-state index < -0.39 is 36.0 Å². The van der Waals surface area contributed by atoms with Crippen molar-refractivity contribution < 1.29 is 32.6 Å². The molecule has 0 aromatic heterocycles. The SMILES string of the molecule is CN(CCC(=O)O)C(=O)COc1ccccc1C(F)(F)F. The van der Waals surface area contributed by atoms with Crippen LogP contribution in [0.4, 0.5) is 13.2 Å². The van der Waals surface area contributed by atoms with Crippen molar-refractivity contribution in [2.75, 3.05) is 20.2 Å². The van der Waals surface area contributed by atoms with Gasteiger partial charge in [0.15, 0.2) is 6.61 Å². The molecule has 8 heteroatoms. The van der Waals surface area contributed by atoms with E-state index in [2.05, 4.69) is 0 Å². The Morgan fingerprint density at radius 2 is 1.90 bits per heavy atom. The molecule has 0 aliphatic heterocycles. The number of aliphatic carboxylic acids is 1. The molecule has 5 nitrogen and oxygen atoms in total. The number of alkyl halides is 3. The van der Waals surface area contributed by atoms with Crippen molar-refractivity contribution in [2.45, 2.75) is 12.6 Å². The predicted octanol–water partition coefficient (Wildman–Crippen LogP) is 2.02. The van der Waals surface area contributed by atoms with E-state index in [4.69, 9.17) is 9.84 Å². The first-order chi connectivity index (χ1) is 9.71. The standard InChI is InChI=1S/C13H14F3NO4/c1-17(7-6-12(19)20)11(18)8-21-10-5-3-2-4-9(10)13(14,15)16/h2-5H,6-8H2,1H3,(H,19,20). The molecule has 0 saturated heterocycles. The first-order valence-electron chi connectivity index (χ1n) is 5.96. The smallest absolute Gasteiger partial charge is 0.419 e. The molecule has 1 aromatic carbocycles. The molecule has 1 amide bonds. The van der Waals surface area contributed by atoms with E-state index in [1.807, 2.05) is 0 Å². The number of likely N-dealkylation sites (N-methyl/N-ethyl adjacent to an activating group) is 1. The number of rotatable bonds is 6. The number of benzene rings is 1. The van der Waals surface area contributed by atoms with Gasteiger partial charge in [-0.1, -0.05) is 12.1 Å². The minimum absolute atomic E-state index is 0.0432. The Kier molecular flexibility index (Phi) is 5.57. The van der Waals surface area contributed by atoms with Crippen LogP contribution in [0.5, 0.6) is 5.75 Å². The Morgan fingerprint density at radius 3 is 2.48 bits per heavy atom. The maximum atomic E-state index is 12.7. The molecule has 1 N–H and O–H groups in total. The maximum absolute atomic E-state index is 12.7. The average molecular weight is 305 g/mol. The predicted molar refractivity (Wildman–Crippen MR) is 66.8 cm³/mol. The molecule has 0 bridgehead atoms. The van der Waals surface area contributed by atoms with Crippen molar-refractivity contribution in [3.05, 3.63) is 29.8 Å². The molecular weight excluding hydrogens is 291 g/mol. The Labute approximate surface area is 118 Å². The summed E-state index contributed by atoms with van der Waals surface area (Å²) in [6.07, 6.45) is -4.82. The van der Waals surface area contributed by atoms with Crippen LogP contribution < -0.4 is 4.74 Å². The number of hydrogen-bond acceptors (Lipinski definition) is 3. The fourth-order valence-corrected chi connectivity index (χ4v) is 1.46. The number of carbonyl (C=O) groups is 2. The van der Waals surface area contributed by atoms with Gasteiger partial charge in [-0.3, -0.25) is 9.59 Å². The second-order valence-corrected chi connectivity index (χ2v) is 4.24. The summed E-state index contributed by atoms with van der Waals surface area (Å²) in [5, 5.41) is 8.48. The average Bonchev–Trinajstić information content (AvgIpc) is 2.41. The Morgan fingerprint density at radius 1 is 1.29 bits per heavy atom. The first-order valence-corrected chi connectivity index (χ1v) is 5.96. The quantitative estimate of drug-likeness (QED) is 0.873. The summed E-state index contributed by atoms with van der Waals surface area (Å²) >= 11 is 0. The molecule has 0 aliphatic carbocycles. The van der Waals surface area contributed by atoms with Crippen molar-refractivity contribution >= 4 is 11.9 Å². The monoisotopic (exact) mass is 305 g/mol. The van der Waals surface area contributed by atoms with Gasteiger partial charge >= 0.3 is 12.1 Å². The third-order valence-electron chi connectivity index (χ3n) is 2.63. The molecule has 0 fully saturated rings. The summed E-state index contributed by atoms with van der Waals surface area (Å²) in [5.41, 5.74) is -0.967. The van der Waals surface area contributed by atoms with Crippen LogP contribution >= 0.6 is 0 Å². The van der Waals surface area contributed by atoms with E-state index >= 15 is 0 Å². The summed E-state index contributed by atoms with van der Waals surface area (Å²) in [7, 11) is 1.35. The van der Waals surface area contributed by atoms with Crippen molar-refractivity contribution in [3.63, 3.8) is 0 Å². The zero-order chi connectivity index (χ0) is 16.0. The van der Waals surface area contributed by atoms with E-state index in [9.17, 15) is 22.8 Å². The van der Waals surface area contributed by atoms with Gasteiger partial charge < -0.3 is 14.7 Å². The van der Waals surface area contributed by atoms with Crippen molar-refractivity contribution in [2.24, 2.45) is 0 Å². The topological polar surface area (TPSA) is 66.8 Å². The minimum Gasteiger partial charge on any atom is -0.483 e. The van der Waals surface area contributed by atoms with Gasteiger partial charge in [0.2, 0.25) is 0 Å². The van der Waals surface area contributed by atoms with Crippen LogP contribution in [0.1, 0.15) is 12.0 Å². The molecule has 1 rings (SSSR count). The lowest BCUT2D eigenvalue weighted by molar-refractivity contribution is -0.141. The van der Waals surface area contributed by atoms with Gasteiger partial charge in [0, 0.05) is 13.6 Å². The van der Waals surface area contributed by atoms with E-state index in [0.29, 0.717) is 0 Å². The van der Waals surface area contributed by atoms with Crippen LogP contribution in [0.3, 0.4) is 0 Å². The fourth-order valence-electron chi connectivity index (χ4n) is 1.46. The molecule has 21 heavy (non-hydrogen) atoms. The lowest BCUT2D eigenvalue weighted by Crippen LogP contribution is -2.33. The number of ether oxygens (including phenoxy) is 1. The number of carboxylic acids is 1. The van der Waals surface area contributed by atoms with Gasteiger partial charge in [-0.05, 0) is 12.1 Å². The van der Waals surface area contributed by atoms with Crippen LogP contribution in [-0.2, 0) is 15.8 Å². The van der Waals surface area contributed by atoms with E-state index in [0.717, 1.165) is 17.0 Å². The second kappa shape index (κ2) is 6.96. The van der Waals surface area contributed by atoms with Crippen LogP contribution in [0.2, 0.25) is 0 Å². The highest BCUT2D eigenvalue weighted by Crippen LogP contribution is 2.35. The molecule has 0 radical (unpaired) electrons. The van der Waals surface area contributed by atoms with Crippen molar-refractivity contribution in [1.82, 2.24) is 4.90 Å². The molecule has 0 atom stereocenters. The van der Waals surface area contributed by atoms with Crippen LogP contribution in [0.15, 0.2) is 24.3 Å². The normalized spacial score (nSPS) is 11.0. The molecule has 1 aromatic rings. The van der Waals surface area contributed by atoms with E-state index in [-0.39, 0.29) is 13.0 Å². The Bertz CT molecular complexity index is 516. The van der Waals surface area contributed by atoms with Crippen LogP contribution in [-0.4, -0.2) is 42.1 Å². The number of carboxylic acid groups (broad SMARTS) is 1. The highest BCUT2D eigenvalue weighted by Gasteiger charge is 2.34. The third kappa shape index (κ3) is 5.33. The summed E-state index contributed by atoms with van der Waals surface area (Å²) in [5.74, 6) is -2.11. The van der Waals surface area contributed by atoms with Gasteiger partial charge in [0.05, 0.1) is 12.0 Å². The Hall–Kier alpha value is -2.25. The Balaban J connectivity index is 2.63. The first kappa shape index (κ1) is 16.8. The zero-order valence-corrected chi connectivity index (χ0v) is 11.2. The largest absolute Gasteiger partial charge is 0.483 e. The van der Waals surface area contributed by atoms with Gasteiger partial charge in [-0.25, -0.2) is 0 Å².